The van der Waals surface area contributed by atoms with Crippen molar-refractivity contribution in [1.82, 2.24) is 9.78 Å². The largest absolute Gasteiger partial charge is 0.481 e. The molecule has 1 aliphatic carbocycles. The van der Waals surface area contributed by atoms with Gasteiger partial charge in [0.05, 0.1) is 17.1 Å². The lowest BCUT2D eigenvalue weighted by atomic mass is 10.2. The zero-order valence-electron chi connectivity index (χ0n) is 11.5. The fourth-order valence-corrected chi connectivity index (χ4v) is 3.44. The Morgan fingerprint density at radius 3 is 2.86 bits per heavy atom. The summed E-state index contributed by atoms with van der Waals surface area (Å²) >= 11 is 4.78. The predicted octanol–water partition coefficient (Wildman–Crippen LogP) is 4.00. The van der Waals surface area contributed by atoms with Gasteiger partial charge in [-0.3, -0.25) is 4.79 Å². The standard InChI is InChI=1S/C15H15BrN2O2S/c1-9-6-11(16)4-5-13(9)18-14(21-8-15(19)20)7-12(17-18)10-2-3-10/h4-7,10H,2-3,8H2,1H3,(H,19,20). The van der Waals surface area contributed by atoms with Crippen molar-refractivity contribution in [2.45, 2.75) is 30.7 Å². The number of benzene rings is 1. The van der Waals surface area contributed by atoms with Crippen LogP contribution in [0.3, 0.4) is 0 Å². The van der Waals surface area contributed by atoms with E-state index in [0.29, 0.717) is 5.92 Å². The minimum atomic E-state index is -0.812. The summed E-state index contributed by atoms with van der Waals surface area (Å²) in [5.41, 5.74) is 3.18. The molecule has 0 radical (unpaired) electrons. The fraction of sp³-hybridized carbons (Fsp3) is 0.333. The third kappa shape index (κ3) is 3.32. The minimum absolute atomic E-state index is 0.0470. The summed E-state index contributed by atoms with van der Waals surface area (Å²) in [5.74, 6) is -0.217. The summed E-state index contributed by atoms with van der Waals surface area (Å²) in [6, 6.07) is 8.06. The van der Waals surface area contributed by atoms with Gasteiger partial charge in [0.15, 0.2) is 0 Å². The first-order chi connectivity index (χ1) is 10.0. The Kier molecular flexibility index (Phi) is 4.08. The van der Waals surface area contributed by atoms with Crippen LogP contribution in [-0.4, -0.2) is 26.6 Å². The molecule has 1 fully saturated rings. The highest BCUT2D eigenvalue weighted by molar-refractivity contribution is 9.10. The highest BCUT2D eigenvalue weighted by Gasteiger charge is 2.28. The Bertz CT molecular complexity index is 695. The van der Waals surface area contributed by atoms with Crippen LogP contribution in [0.1, 0.15) is 30.0 Å². The van der Waals surface area contributed by atoms with E-state index >= 15 is 0 Å². The smallest absolute Gasteiger partial charge is 0.313 e. The molecule has 3 rings (SSSR count). The van der Waals surface area contributed by atoms with Crippen LogP contribution in [0.25, 0.3) is 5.69 Å². The molecule has 4 nitrogen and oxygen atoms in total. The van der Waals surface area contributed by atoms with Gasteiger partial charge >= 0.3 is 5.97 Å². The van der Waals surface area contributed by atoms with Crippen LogP contribution in [0.15, 0.2) is 33.8 Å². The average molecular weight is 367 g/mol. The molecule has 0 unspecified atom stereocenters. The van der Waals surface area contributed by atoms with E-state index in [9.17, 15) is 4.79 Å². The van der Waals surface area contributed by atoms with Gasteiger partial charge in [-0.25, -0.2) is 4.68 Å². The van der Waals surface area contributed by atoms with Gasteiger partial charge in [-0.2, -0.15) is 5.10 Å². The van der Waals surface area contributed by atoms with Crippen LogP contribution in [0.4, 0.5) is 0 Å². The van der Waals surface area contributed by atoms with Gasteiger partial charge in [0, 0.05) is 10.4 Å². The fourth-order valence-electron chi connectivity index (χ4n) is 2.23. The molecule has 0 saturated heterocycles. The van der Waals surface area contributed by atoms with E-state index in [1.54, 1.807) is 0 Å². The number of aliphatic carboxylic acids is 1. The molecule has 1 heterocycles. The van der Waals surface area contributed by atoms with Crippen molar-refractivity contribution in [2.24, 2.45) is 0 Å². The Balaban J connectivity index is 2.00. The van der Waals surface area contributed by atoms with Gasteiger partial charge in [-0.1, -0.05) is 27.7 Å². The second kappa shape index (κ2) is 5.85. The number of carboxylic acids is 1. The summed E-state index contributed by atoms with van der Waals surface area (Å²) in [6.07, 6.45) is 2.36. The molecule has 0 atom stereocenters. The SMILES string of the molecule is Cc1cc(Br)ccc1-n1nc(C2CC2)cc1SCC(=O)O. The number of nitrogens with zero attached hydrogens (tertiary/aromatic N) is 2. The Morgan fingerprint density at radius 1 is 1.48 bits per heavy atom. The monoisotopic (exact) mass is 366 g/mol. The third-order valence-electron chi connectivity index (χ3n) is 3.42. The van der Waals surface area contributed by atoms with E-state index in [-0.39, 0.29) is 5.75 Å². The van der Waals surface area contributed by atoms with Crippen molar-refractivity contribution in [3.63, 3.8) is 0 Å². The molecule has 0 bridgehead atoms. The zero-order valence-corrected chi connectivity index (χ0v) is 13.9. The molecule has 1 aromatic heterocycles. The number of carboxylic acid groups (broad SMARTS) is 1. The second-order valence-electron chi connectivity index (χ2n) is 5.21. The Labute approximate surface area is 135 Å². The molecule has 1 aromatic carbocycles. The molecule has 1 aliphatic rings. The molecule has 6 heteroatoms. The number of rotatable bonds is 5. The quantitative estimate of drug-likeness (QED) is 0.812. The van der Waals surface area contributed by atoms with E-state index in [1.807, 2.05) is 35.9 Å². The van der Waals surface area contributed by atoms with E-state index in [4.69, 9.17) is 10.2 Å². The van der Waals surface area contributed by atoms with Crippen LogP contribution in [0, 0.1) is 6.92 Å². The molecular formula is C15H15BrN2O2S. The Hall–Kier alpha value is -1.27. The summed E-state index contributed by atoms with van der Waals surface area (Å²) in [4.78, 5) is 10.8. The van der Waals surface area contributed by atoms with E-state index in [1.165, 1.54) is 24.6 Å². The normalized spacial score (nSPS) is 14.4. The molecule has 2 aromatic rings. The van der Waals surface area contributed by atoms with Crippen molar-refractivity contribution < 1.29 is 9.90 Å². The average Bonchev–Trinajstić information content (AvgIpc) is 3.18. The first kappa shape index (κ1) is 14.7. The van der Waals surface area contributed by atoms with Crippen LogP contribution in [0.5, 0.6) is 0 Å². The maximum atomic E-state index is 10.8. The van der Waals surface area contributed by atoms with Gasteiger partial charge in [-0.05, 0) is 49.6 Å². The molecule has 110 valence electrons. The Morgan fingerprint density at radius 2 is 2.24 bits per heavy atom. The lowest BCUT2D eigenvalue weighted by Crippen LogP contribution is -2.04. The van der Waals surface area contributed by atoms with Gasteiger partial charge in [0.2, 0.25) is 0 Å². The van der Waals surface area contributed by atoms with Crippen LogP contribution < -0.4 is 0 Å². The van der Waals surface area contributed by atoms with Crippen LogP contribution >= 0.6 is 27.7 Å². The topological polar surface area (TPSA) is 55.1 Å². The van der Waals surface area contributed by atoms with Gasteiger partial charge < -0.3 is 5.11 Å². The molecule has 0 spiro atoms. The maximum Gasteiger partial charge on any atom is 0.313 e. The maximum absolute atomic E-state index is 10.8. The highest BCUT2D eigenvalue weighted by Crippen LogP contribution is 2.41. The predicted molar refractivity (Wildman–Crippen MR) is 86.3 cm³/mol. The summed E-state index contributed by atoms with van der Waals surface area (Å²) < 4.78 is 2.90. The van der Waals surface area contributed by atoms with Gasteiger partial charge in [-0.15, -0.1) is 0 Å². The minimum Gasteiger partial charge on any atom is -0.481 e. The number of hydrogen-bond acceptors (Lipinski definition) is 3. The summed E-state index contributed by atoms with van der Waals surface area (Å²) in [6.45, 7) is 2.03. The van der Waals surface area contributed by atoms with Crippen molar-refractivity contribution in [3.8, 4) is 5.69 Å². The number of aromatic nitrogens is 2. The summed E-state index contributed by atoms with van der Waals surface area (Å²) in [5, 5.41) is 14.5. The number of halogens is 1. The number of hydrogen-bond donors (Lipinski definition) is 1. The van der Waals surface area contributed by atoms with Crippen molar-refractivity contribution in [3.05, 3.63) is 40.0 Å². The number of aryl methyl sites for hydroxylation is 1. The molecule has 21 heavy (non-hydrogen) atoms. The van der Waals surface area contributed by atoms with Crippen molar-refractivity contribution in [1.29, 1.82) is 0 Å². The van der Waals surface area contributed by atoms with E-state index in [2.05, 4.69) is 15.9 Å². The van der Waals surface area contributed by atoms with Crippen molar-refractivity contribution in [2.75, 3.05) is 5.75 Å². The zero-order chi connectivity index (χ0) is 15.0. The van der Waals surface area contributed by atoms with Gasteiger partial charge in [0.1, 0.15) is 5.03 Å². The lowest BCUT2D eigenvalue weighted by molar-refractivity contribution is -0.133. The highest BCUT2D eigenvalue weighted by atomic mass is 79.9. The number of carbonyl (C=O) groups is 1. The van der Waals surface area contributed by atoms with Crippen LogP contribution in [-0.2, 0) is 4.79 Å². The van der Waals surface area contributed by atoms with Crippen LogP contribution in [0.2, 0.25) is 0 Å². The van der Waals surface area contributed by atoms with Gasteiger partial charge in [0.25, 0.3) is 0 Å². The van der Waals surface area contributed by atoms with E-state index < -0.39 is 5.97 Å². The molecule has 0 amide bonds. The lowest BCUT2D eigenvalue weighted by Gasteiger charge is -2.09. The third-order valence-corrected chi connectivity index (χ3v) is 4.89. The molecule has 0 aliphatic heterocycles. The second-order valence-corrected chi connectivity index (χ2v) is 7.12. The van der Waals surface area contributed by atoms with E-state index in [0.717, 1.165) is 26.4 Å². The molecule has 1 N–H and O–H groups in total. The molecule has 1 saturated carbocycles. The summed E-state index contributed by atoms with van der Waals surface area (Å²) in [7, 11) is 0. The first-order valence-corrected chi connectivity index (χ1v) is 8.53. The van der Waals surface area contributed by atoms with Crippen molar-refractivity contribution >= 4 is 33.7 Å². The molecular weight excluding hydrogens is 352 g/mol. The first-order valence-electron chi connectivity index (χ1n) is 6.75. The number of thioether (sulfide) groups is 1.